The third-order valence-corrected chi connectivity index (χ3v) is 6.86. The second-order valence-corrected chi connectivity index (χ2v) is 10.7. The fourth-order valence-corrected chi connectivity index (χ4v) is 5.12. The van der Waals surface area contributed by atoms with E-state index in [-0.39, 0.29) is 0 Å². The average molecular weight is 477 g/mol. The SMILES string of the molecule is CO[PH](=O)[C@H](N=C1c2ccccc2-c2ccccc21)[C@@H](NC(=O)OC(C)(C)C)c1ccccc1. The van der Waals surface area contributed by atoms with Crippen molar-refractivity contribution in [1.82, 2.24) is 5.32 Å². The van der Waals surface area contributed by atoms with Crippen LogP contribution in [0.2, 0.25) is 0 Å². The van der Waals surface area contributed by atoms with Crippen LogP contribution in [0, 0.1) is 0 Å². The van der Waals surface area contributed by atoms with Gasteiger partial charge in [0.2, 0.25) is 8.03 Å². The number of nitrogens with zero attached hydrogens (tertiary/aromatic N) is 1. The maximum atomic E-state index is 13.3. The van der Waals surface area contributed by atoms with Crippen LogP contribution in [-0.2, 0) is 13.8 Å². The summed E-state index contributed by atoms with van der Waals surface area (Å²) < 4.78 is 24.1. The number of fused-ring (bicyclic) bond motifs is 3. The number of hydrogen-bond donors (Lipinski definition) is 1. The Kier molecular flexibility index (Phi) is 7.01. The number of carbonyl (C=O) groups is 1. The number of alkyl carbamates (subject to hydrolysis) is 1. The van der Waals surface area contributed by atoms with Gasteiger partial charge in [-0.15, -0.1) is 0 Å². The molecule has 3 aromatic rings. The van der Waals surface area contributed by atoms with Crippen molar-refractivity contribution in [2.75, 3.05) is 7.11 Å². The Bertz CT molecular complexity index is 1190. The molecular weight excluding hydrogens is 447 g/mol. The molecule has 1 aliphatic rings. The molecule has 1 aliphatic carbocycles. The van der Waals surface area contributed by atoms with Gasteiger partial charge in [-0.3, -0.25) is 9.56 Å². The summed E-state index contributed by atoms with van der Waals surface area (Å²) in [4.78, 5) is 17.8. The Morgan fingerprint density at radius 2 is 1.35 bits per heavy atom. The largest absolute Gasteiger partial charge is 0.444 e. The van der Waals surface area contributed by atoms with Gasteiger partial charge in [-0.2, -0.15) is 0 Å². The standard InChI is InChI=1S/C27H29N2O4P/c1-27(2,3)33-26(30)29-23(18-12-6-5-7-13-18)25(34(31)32-4)28-24-21-16-10-8-14-19(21)20-15-9-11-17-22(20)24/h5-17,23,25,34H,1-4H3,(H,29,30)/t23-,25-/m0/s1. The molecule has 0 spiro atoms. The van der Waals surface area contributed by atoms with E-state index >= 15 is 0 Å². The van der Waals surface area contributed by atoms with E-state index in [0.717, 1.165) is 33.5 Å². The van der Waals surface area contributed by atoms with Gasteiger partial charge in [0, 0.05) is 18.2 Å². The summed E-state index contributed by atoms with van der Waals surface area (Å²) in [6.07, 6.45) is -0.607. The van der Waals surface area contributed by atoms with Crippen molar-refractivity contribution < 1.29 is 18.6 Å². The van der Waals surface area contributed by atoms with E-state index in [1.54, 1.807) is 20.8 Å². The number of benzene rings is 3. The number of hydrogen-bond acceptors (Lipinski definition) is 5. The Labute approximate surface area is 200 Å². The van der Waals surface area contributed by atoms with E-state index in [1.165, 1.54) is 7.11 Å². The molecule has 7 heteroatoms. The van der Waals surface area contributed by atoms with Gasteiger partial charge in [0.25, 0.3) is 0 Å². The molecule has 4 rings (SSSR count). The quantitative estimate of drug-likeness (QED) is 0.335. The highest BCUT2D eigenvalue weighted by Crippen LogP contribution is 2.42. The van der Waals surface area contributed by atoms with Crippen molar-refractivity contribution in [3.05, 3.63) is 95.6 Å². The highest BCUT2D eigenvalue weighted by molar-refractivity contribution is 7.40. The van der Waals surface area contributed by atoms with Gasteiger partial charge in [0.1, 0.15) is 11.4 Å². The zero-order valence-corrected chi connectivity index (χ0v) is 20.7. The molecule has 0 aliphatic heterocycles. The van der Waals surface area contributed by atoms with E-state index in [0.29, 0.717) is 0 Å². The van der Waals surface area contributed by atoms with Crippen LogP contribution in [0.15, 0.2) is 83.9 Å². The summed E-state index contributed by atoms with van der Waals surface area (Å²) in [6.45, 7) is 5.39. The van der Waals surface area contributed by atoms with E-state index < -0.39 is 31.5 Å². The fraction of sp³-hybridized carbons (Fsp3) is 0.259. The first kappa shape index (κ1) is 23.9. The number of rotatable bonds is 6. The van der Waals surface area contributed by atoms with Crippen molar-refractivity contribution in [2.24, 2.45) is 4.99 Å². The highest BCUT2D eigenvalue weighted by atomic mass is 31.1. The van der Waals surface area contributed by atoms with Crippen molar-refractivity contribution >= 4 is 19.8 Å². The van der Waals surface area contributed by atoms with Gasteiger partial charge < -0.3 is 14.6 Å². The van der Waals surface area contributed by atoms with Crippen molar-refractivity contribution in [3.8, 4) is 11.1 Å². The lowest BCUT2D eigenvalue weighted by molar-refractivity contribution is 0.0502. The topological polar surface area (TPSA) is 77.0 Å². The third kappa shape index (κ3) is 5.14. The van der Waals surface area contributed by atoms with Crippen LogP contribution in [0.3, 0.4) is 0 Å². The molecule has 0 bridgehead atoms. The zero-order valence-electron chi connectivity index (χ0n) is 19.7. The maximum Gasteiger partial charge on any atom is 0.408 e. The third-order valence-electron chi connectivity index (χ3n) is 5.51. The van der Waals surface area contributed by atoms with Gasteiger partial charge in [0.05, 0.1) is 11.8 Å². The van der Waals surface area contributed by atoms with Crippen molar-refractivity contribution in [1.29, 1.82) is 0 Å². The minimum Gasteiger partial charge on any atom is -0.444 e. The molecule has 0 fully saturated rings. The van der Waals surface area contributed by atoms with Gasteiger partial charge >= 0.3 is 6.09 Å². The van der Waals surface area contributed by atoms with Gasteiger partial charge in [-0.05, 0) is 37.5 Å². The Balaban J connectivity index is 1.83. The van der Waals surface area contributed by atoms with Gasteiger partial charge in [-0.25, -0.2) is 4.79 Å². The van der Waals surface area contributed by atoms with Crippen LogP contribution in [0.5, 0.6) is 0 Å². The van der Waals surface area contributed by atoms with Gasteiger partial charge in [-0.1, -0.05) is 78.9 Å². The molecule has 1 amide bonds. The van der Waals surface area contributed by atoms with Crippen LogP contribution in [-0.4, -0.2) is 30.3 Å². The molecule has 1 N–H and O–H groups in total. The molecule has 3 aromatic carbocycles. The predicted octanol–water partition coefficient (Wildman–Crippen LogP) is 6.22. The molecular formula is C27H29N2O4P. The minimum atomic E-state index is -2.70. The van der Waals surface area contributed by atoms with E-state index in [9.17, 15) is 9.36 Å². The summed E-state index contributed by atoms with van der Waals surface area (Å²) in [5, 5.41) is 2.90. The summed E-state index contributed by atoms with van der Waals surface area (Å²) in [7, 11) is -1.30. The summed E-state index contributed by atoms with van der Waals surface area (Å²) in [5.41, 5.74) is 4.89. The summed E-state index contributed by atoms with van der Waals surface area (Å²) >= 11 is 0. The fourth-order valence-electron chi connectivity index (χ4n) is 4.10. The lowest BCUT2D eigenvalue weighted by atomic mass is 10.1. The number of carbonyl (C=O) groups excluding carboxylic acids is 1. The lowest BCUT2D eigenvalue weighted by Crippen LogP contribution is -2.38. The first-order valence-corrected chi connectivity index (χ1v) is 12.6. The number of ether oxygens (including phenoxy) is 1. The molecule has 1 unspecified atom stereocenters. The molecule has 6 nitrogen and oxygen atoms in total. The first-order valence-electron chi connectivity index (χ1n) is 11.2. The zero-order chi connectivity index (χ0) is 24.3. The molecule has 0 saturated carbocycles. The van der Waals surface area contributed by atoms with E-state index in [4.69, 9.17) is 14.3 Å². The molecule has 0 heterocycles. The Morgan fingerprint density at radius 1 is 0.853 bits per heavy atom. The molecule has 0 radical (unpaired) electrons. The number of amides is 1. The monoisotopic (exact) mass is 476 g/mol. The molecule has 176 valence electrons. The van der Waals surface area contributed by atoms with Crippen LogP contribution in [0.25, 0.3) is 11.1 Å². The highest BCUT2D eigenvalue weighted by Gasteiger charge is 2.34. The Morgan fingerprint density at radius 3 is 1.85 bits per heavy atom. The van der Waals surface area contributed by atoms with E-state index in [2.05, 4.69) is 17.4 Å². The second kappa shape index (κ2) is 9.96. The Hall–Kier alpha value is -3.21. The number of nitrogens with one attached hydrogen (secondary N) is 1. The second-order valence-electron chi connectivity index (χ2n) is 9.07. The van der Waals surface area contributed by atoms with Crippen LogP contribution in [0.1, 0.15) is 43.5 Å². The summed E-state index contributed by atoms with van der Waals surface area (Å²) in [5.74, 6) is -0.848. The lowest BCUT2D eigenvalue weighted by Gasteiger charge is -2.27. The number of aliphatic imine (C=N–C) groups is 1. The smallest absolute Gasteiger partial charge is 0.408 e. The average Bonchev–Trinajstić information content (AvgIpc) is 3.14. The van der Waals surface area contributed by atoms with Crippen LogP contribution >= 0.6 is 8.03 Å². The molecule has 0 aromatic heterocycles. The van der Waals surface area contributed by atoms with Crippen LogP contribution < -0.4 is 5.32 Å². The van der Waals surface area contributed by atoms with Gasteiger partial charge in [0.15, 0.2) is 0 Å². The maximum absolute atomic E-state index is 13.3. The molecule has 3 atom stereocenters. The predicted molar refractivity (Wildman–Crippen MR) is 136 cm³/mol. The summed E-state index contributed by atoms with van der Waals surface area (Å²) in [6, 6.07) is 24.7. The minimum absolute atomic E-state index is 0.607. The molecule has 0 saturated heterocycles. The molecule has 34 heavy (non-hydrogen) atoms. The first-order chi connectivity index (χ1) is 16.3. The van der Waals surface area contributed by atoms with Crippen LogP contribution in [0.4, 0.5) is 4.79 Å². The van der Waals surface area contributed by atoms with Crippen molar-refractivity contribution in [2.45, 2.75) is 38.2 Å². The van der Waals surface area contributed by atoms with E-state index in [1.807, 2.05) is 66.7 Å². The van der Waals surface area contributed by atoms with Crippen molar-refractivity contribution in [3.63, 3.8) is 0 Å². The normalized spacial score (nSPS) is 15.0.